The summed E-state index contributed by atoms with van der Waals surface area (Å²) in [6.07, 6.45) is 1.22. The Morgan fingerprint density at radius 1 is 1.22 bits per heavy atom. The summed E-state index contributed by atoms with van der Waals surface area (Å²) >= 11 is 0. The summed E-state index contributed by atoms with van der Waals surface area (Å²) in [5, 5.41) is 0. The molecular weight excluding hydrogens is 131 g/mol. The molecule has 0 saturated carbocycles. The van der Waals surface area contributed by atoms with Crippen LogP contribution in [0.15, 0.2) is 24.3 Å². The Bertz CT molecular complexity index is 185. The smallest absolute Gasteiger partial charge is 0.138 e. The highest BCUT2D eigenvalue weighted by Gasteiger charge is 2.04. The van der Waals surface area contributed by atoms with Gasteiger partial charge < -0.3 is 0 Å². The van der Waals surface area contributed by atoms with Crippen LogP contribution in [0, 0.1) is 0 Å². The molecule has 1 aromatic rings. The van der Waals surface area contributed by atoms with Crippen molar-refractivity contribution in [3.8, 4) is 0 Å². The van der Waals surface area contributed by atoms with Gasteiger partial charge in [0, 0.05) is 0 Å². The van der Waals surface area contributed by atoms with Crippen molar-refractivity contribution in [3.05, 3.63) is 35.4 Å². The molecule has 3 rings (SSSR count). The first kappa shape index (κ1) is 6.44. The van der Waals surface area contributed by atoms with Gasteiger partial charge in [-0.2, -0.15) is 0 Å². The zero-order valence-corrected chi connectivity index (χ0v) is 5.92. The van der Waals surface area contributed by atoms with Crippen molar-refractivity contribution < 1.29 is 4.57 Å². The monoisotopic (exact) mass is 138 g/mol. The highest BCUT2D eigenvalue weighted by molar-refractivity contribution is 7.00. The lowest BCUT2D eigenvalue weighted by atomic mass is 9.94. The predicted octanol–water partition coefficient (Wildman–Crippen LogP) is 2.07. The highest BCUT2D eigenvalue weighted by atomic mass is 31.0. The van der Waals surface area contributed by atoms with E-state index in [9.17, 15) is 0 Å². The maximum Gasteiger partial charge on any atom is 0.138 e. The van der Waals surface area contributed by atoms with E-state index in [1.165, 1.54) is 17.5 Å². The lowest BCUT2D eigenvalue weighted by molar-refractivity contribution is 0.607. The first-order chi connectivity index (χ1) is 4.45. The summed E-state index contributed by atoms with van der Waals surface area (Å²) in [5.41, 5.74) is 2.97. The van der Waals surface area contributed by atoms with Crippen LogP contribution in [-0.2, 0) is 11.0 Å². The molecule has 0 amide bonds. The van der Waals surface area contributed by atoms with Gasteiger partial charge in [0.1, 0.15) is 9.12 Å². The van der Waals surface area contributed by atoms with Crippen molar-refractivity contribution in [1.82, 2.24) is 0 Å². The molecule has 0 aliphatic heterocycles. The standard InChI is InChI=1S/C7H6.HOP/c1-2-6-4-7(3-1)5-6;1-2/h1-4H,5H2;2H. The molecule has 0 N–H and O–H groups in total. The minimum atomic E-state index is 1.22. The summed E-state index contributed by atoms with van der Waals surface area (Å²) in [6, 6.07) is 8.65. The van der Waals surface area contributed by atoms with Gasteiger partial charge in [0.15, 0.2) is 0 Å². The molecule has 0 heterocycles. The fourth-order valence-electron chi connectivity index (χ4n) is 0.954. The van der Waals surface area contributed by atoms with Gasteiger partial charge in [-0.25, -0.2) is 0 Å². The Kier molecular flexibility index (Phi) is 1.96. The first-order valence-corrected chi connectivity index (χ1v) is 3.14. The molecule has 0 fully saturated rings. The number of hydrogen-bond acceptors (Lipinski definition) is 1. The van der Waals surface area contributed by atoms with Crippen LogP contribution in [0.4, 0.5) is 0 Å². The fraction of sp³-hybridized carbons (Fsp3) is 0.143. The third-order valence-corrected chi connectivity index (χ3v) is 1.40. The SMILES string of the molecule is O=P.c1cc2cc(c1)C2. The van der Waals surface area contributed by atoms with E-state index in [4.69, 9.17) is 4.57 Å². The van der Waals surface area contributed by atoms with Gasteiger partial charge in [0.05, 0.1) is 0 Å². The van der Waals surface area contributed by atoms with Gasteiger partial charge in [-0.05, 0) is 17.5 Å². The van der Waals surface area contributed by atoms with E-state index >= 15 is 0 Å². The molecule has 1 nitrogen and oxygen atoms in total. The number of benzene rings is 1. The van der Waals surface area contributed by atoms with E-state index < -0.39 is 0 Å². The minimum Gasteiger partial charge on any atom is -0.279 e. The van der Waals surface area contributed by atoms with Crippen molar-refractivity contribution in [2.45, 2.75) is 6.42 Å². The summed E-state index contributed by atoms with van der Waals surface area (Å²) in [4.78, 5) is 0. The van der Waals surface area contributed by atoms with Crippen molar-refractivity contribution in [1.29, 1.82) is 0 Å². The molecule has 0 atom stereocenters. The molecule has 2 heteroatoms. The molecule has 2 bridgehead atoms. The lowest BCUT2D eigenvalue weighted by Crippen LogP contribution is -1.97. The maximum atomic E-state index is 8.06. The zero-order chi connectivity index (χ0) is 6.69. The molecule has 0 spiro atoms. The second-order valence-corrected chi connectivity index (χ2v) is 2.00. The van der Waals surface area contributed by atoms with Crippen LogP contribution in [0.5, 0.6) is 0 Å². The molecule has 0 unspecified atom stereocenters. The second kappa shape index (κ2) is 2.75. The predicted molar refractivity (Wildman–Crippen MR) is 38.2 cm³/mol. The van der Waals surface area contributed by atoms with Crippen molar-refractivity contribution in [3.63, 3.8) is 0 Å². The average Bonchev–Trinajstić information content (AvgIpc) is 1.93. The fourth-order valence-corrected chi connectivity index (χ4v) is 0.954. The van der Waals surface area contributed by atoms with Gasteiger partial charge in [-0.3, -0.25) is 4.57 Å². The topological polar surface area (TPSA) is 17.1 Å². The lowest BCUT2D eigenvalue weighted by Gasteiger charge is -2.11. The average molecular weight is 138 g/mol. The molecule has 1 aromatic carbocycles. The van der Waals surface area contributed by atoms with Crippen molar-refractivity contribution in [2.75, 3.05) is 0 Å². The third kappa shape index (κ3) is 1.17. The number of hydrogen-bond donors (Lipinski definition) is 0. The van der Waals surface area contributed by atoms with Gasteiger partial charge in [-0.1, -0.05) is 24.3 Å². The van der Waals surface area contributed by atoms with Crippen LogP contribution in [0.25, 0.3) is 0 Å². The largest absolute Gasteiger partial charge is 0.279 e. The molecule has 2 aliphatic rings. The van der Waals surface area contributed by atoms with E-state index in [1.54, 1.807) is 9.12 Å². The Morgan fingerprint density at radius 2 is 1.67 bits per heavy atom. The molecule has 0 saturated heterocycles. The van der Waals surface area contributed by atoms with Crippen LogP contribution in [-0.4, -0.2) is 0 Å². The zero-order valence-electron chi connectivity index (χ0n) is 4.92. The van der Waals surface area contributed by atoms with Gasteiger partial charge >= 0.3 is 0 Å². The Labute approximate surface area is 56.3 Å². The summed E-state index contributed by atoms with van der Waals surface area (Å²) < 4.78 is 8.06. The quantitative estimate of drug-likeness (QED) is 0.509. The van der Waals surface area contributed by atoms with Crippen LogP contribution in [0.3, 0.4) is 0 Å². The number of fused-ring (bicyclic) bond motifs is 2. The molecule has 2 aliphatic carbocycles. The molecule has 0 radical (unpaired) electrons. The van der Waals surface area contributed by atoms with E-state index in [2.05, 4.69) is 24.3 Å². The van der Waals surface area contributed by atoms with E-state index in [1.807, 2.05) is 0 Å². The Hall–Kier alpha value is -0.680. The van der Waals surface area contributed by atoms with Crippen molar-refractivity contribution >= 4 is 9.12 Å². The Morgan fingerprint density at radius 3 is 1.78 bits per heavy atom. The van der Waals surface area contributed by atoms with Crippen LogP contribution < -0.4 is 0 Å². The maximum absolute atomic E-state index is 8.06. The highest BCUT2D eigenvalue weighted by Crippen LogP contribution is 2.18. The third-order valence-electron chi connectivity index (χ3n) is 1.40. The van der Waals surface area contributed by atoms with Crippen LogP contribution >= 0.6 is 9.12 Å². The van der Waals surface area contributed by atoms with Gasteiger partial charge in [-0.15, -0.1) is 0 Å². The second-order valence-electron chi connectivity index (χ2n) is 2.00. The van der Waals surface area contributed by atoms with Gasteiger partial charge in [0.25, 0.3) is 0 Å². The summed E-state index contributed by atoms with van der Waals surface area (Å²) in [6.45, 7) is 0. The molecule has 9 heavy (non-hydrogen) atoms. The molecular formula is C7H7OP. The molecule has 0 aromatic heterocycles. The minimum absolute atomic E-state index is 1.22. The van der Waals surface area contributed by atoms with Crippen LogP contribution in [0.2, 0.25) is 0 Å². The van der Waals surface area contributed by atoms with Crippen molar-refractivity contribution in [2.24, 2.45) is 0 Å². The first-order valence-electron chi connectivity index (χ1n) is 2.73. The van der Waals surface area contributed by atoms with Gasteiger partial charge in [0.2, 0.25) is 0 Å². The summed E-state index contributed by atoms with van der Waals surface area (Å²) in [5.74, 6) is 0. The normalized spacial score (nSPS) is 10.7. The number of rotatable bonds is 0. The summed E-state index contributed by atoms with van der Waals surface area (Å²) in [7, 11) is 1.72. The van der Waals surface area contributed by atoms with E-state index in [0.717, 1.165) is 0 Å². The Balaban J connectivity index is 0.000000186. The molecule has 46 valence electrons. The van der Waals surface area contributed by atoms with Crippen LogP contribution in [0.1, 0.15) is 11.1 Å². The van der Waals surface area contributed by atoms with E-state index in [-0.39, 0.29) is 0 Å². The van der Waals surface area contributed by atoms with E-state index in [0.29, 0.717) is 0 Å².